The molecule has 102 valence electrons. The maximum atomic E-state index is 13.8. The third-order valence-electron chi connectivity index (χ3n) is 2.60. The van der Waals surface area contributed by atoms with Gasteiger partial charge in [-0.25, -0.2) is 4.39 Å². The summed E-state index contributed by atoms with van der Waals surface area (Å²) in [4.78, 5) is 0. The van der Waals surface area contributed by atoms with E-state index < -0.39 is 0 Å². The zero-order valence-corrected chi connectivity index (χ0v) is 11.5. The maximum absolute atomic E-state index is 13.8. The molecule has 20 heavy (non-hydrogen) atoms. The van der Waals surface area contributed by atoms with Crippen LogP contribution in [0.15, 0.2) is 42.5 Å². The van der Waals surface area contributed by atoms with Gasteiger partial charge in [-0.3, -0.25) is 0 Å². The first-order chi connectivity index (χ1) is 9.69. The third kappa shape index (κ3) is 3.99. The minimum absolute atomic E-state index is 0.151. The molecule has 0 saturated heterocycles. The molecule has 0 spiro atoms. The van der Waals surface area contributed by atoms with E-state index in [1.807, 2.05) is 0 Å². The van der Waals surface area contributed by atoms with Gasteiger partial charge in [-0.1, -0.05) is 29.5 Å². The molecule has 0 aliphatic carbocycles. The molecule has 2 nitrogen and oxygen atoms in total. The number of ether oxygens (including phenoxy) is 1. The zero-order chi connectivity index (χ0) is 14.4. The van der Waals surface area contributed by atoms with Gasteiger partial charge in [0.05, 0.1) is 6.54 Å². The average Bonchev–Trinajstić information content (AvgIpc) is 2.46. The molecule has 0 fully saturated rings. The molecule has 2 rings (SSSR count). The molecule has 4 heteroatoms. The lowest BCUT2D eigenvalue weighted by Gasteiger charge is -2.07. The van der Waals surface area contributed by atoms with Crippen LogP contribution in [0.5, 0.6) is 5.75 Å². The Bertz CT molecular complexity index is 644. The largest absolute Gasteiger partial charge is 0.489 e. The first kappa shape index (κ1) is 14.4. The number of nitrogens with two attached hydrogens (primary N) is 1. The van der Waals surface area contributed by atoms with Crippen LogP contribution in [0.4, 0.5) is 4.39 Å². The Kier molecular flexibility index (Phi) is 5.00. The smallest absolute Gasteiger partial charge is 0.131 e. The van der Waals surface area contributed by atoms with E-state index in [-0.39, 0.29) is 19.0 Å². The summed E-state index contributed by atoms with van der Waals surface area (Å²) in [6.45, 7) is 0.404. The molecular weight excluding hydrogens is 277 g/mol. The molecule has 0 aliphatic rings. The number of hydrogen-bond acceptors (Lipinski definition) is 2. The van der Waals surface area contributed by atoms with Crippen molar-refractivity contribution in [3.05, 3.63) is 64.4 Å². The van der Waals surface area contributed by atoms with E-state index in [2.05, 4.69) is 11.8 Å². The van der Waals surface area contributed by atoms with E-state index in [0.717, 1.165) is 0 Å². The topological polar surface area (TPSA) is 35.2 Å². The highest BCUT2D eigenvalue weighted by Crippen LogP contribution is 2.18. The molecule has 0 bridgehead atoms. The van der Waals surface area contributed by atoms with Gasteiger partial charge in [-0.15, -0.1) is 0 Å². The molecule has 0 aliphatic heterocycles. The fourth-order valence-electron chi connectivity index (χ4n) is 1.59. The van der Waals surface area contributed by atoms with Crippen molar-refractivity contribution >= 4 is 11.6 Å². The van der Waals surface area contributed by atoms with Crippen molar-refractivity contribution in [1.29, 1.82) is 0 Å². The second kappa shape index (κ2) is 6.95. The maximum Gasteiger partial charge on any atom is 0.131 e. The van der Waals surface area contributed by atoms with E-state index in [1.165, 1.54) is 6.07 Å². The van der Waals surface area contributed by atoms with Crippen LogP contribution < -0.4 is 10.5 Å². The standard InChI is InChI=1S/C16H13ClFNO/c17-14-5-7-15(8-6-14)20-11-13-4-3-12(2-1-9-19)10-16(13)18/h3-8,10H,9,11,19H2. The van der Waals surface area contributed by atoms with E-state index >= 15 is 0 Å². The SMILES string of the molecule is NCC#Cc1ccc(COc2ccc(Cl)cc2)c(F)c1. The summed E-state index contributed by atoms with van der Waals surface area (Å²) < 4.78 is 19.3. The molecule has 0 amide bonds. The van der Waals surface area contributed by atoms with Gasteiger partial charge in [0.1, 0.15) is 18.2 Å². The lowest BCUT2D eigenvalue weighted by Crippen LogP contribution is -1.99. The Labute approximate surface area is 122 Å². The Morgan fingerprint density at radius 1 is 1.15 bits per heavy atom. The molecule has 2 aromatic carbocycles. The third-order valence-corrected chi connectivity index (χ3v) is 2.85. The minimum atomic E-state index is -0.345. The van der Waals surface area contributed by atoms with Crippen LogP contribution in [0.3, 0.4) is 0 Å². The fourth-order valence-corrected chi connectivity index (χ4v) is 1.71. The Morgan fingerprint density at radius 3 is 2.55 bits per heavy atom. The number of hydrogen-bond donors (Lipinski definition) is 1. The summed E-state index contributed by atoms with van der Waals surface area (Å²) in [6.07, 6.45) is 0. The quantitative estimate of drug-likeness (QED) is 0.879. The highest BCUT2D eigenvalue weighted by atomic mass is 35.5. The summed E-state index contributed by atoms with van der Waals surface area (Å²) in [6, 6.07) is 11.7. The van der Waals surface area contributed by atoms with Gasteiger partial charge in [0.15, 0.2) is 0 Å². The molecule has 0 unspecified atom stereocenters. The van der Waals surface area contributed by atoms with Crippen LogP contribution in [0.1, 0.15) is 11.1 Å². The van der Waals surface area contributed by atoms with Gasteiger partial charge >= 0.3 is 0 Å². The summed E-state index contributed by atoms with van der Waals surface area (Å²) in [7, 11) is 0. The summed E-state index contributed by atoms with van der Waals surface area (Å²) in [5, 5.41) is 0.631. The zero-order valence-electron chi connectivity index (χ0n) is 10.7. The van der Waals surface area contributed by atoms with Crippen LogP contribution in [0, 0.1) is 17.7 Å². The van der Waals surface area contributed by atoms with Crippen molar-refractivity contribution in [2.45, 2.75) is 6.61 Å². The van der Waals surface area contributed by atoms with E-state index in [4.69, 9.17) is 22.1 Å². The van der Waals surface area contributed by atoms with Crippen molar-refractivity contribution in [2.24, 2.45) is 5.73 Å². The number of halogens is 2. The highest BCUT2D eigenvalue weighted by molar-refractivity contribution is 6.30. The highest BCUT2D eigenvalue weighted by Gasteiger charge is 2.04. The van der Waals surface area contributed by atoms with Gasteiger partial charge in [0, 0.05) is 16.1 Å². The molecular formula is C16H13ClFNO. The number of rotatable bonds is 3. The first-order valence-electron chi connectivity index (χ1n) is 6.05. The predicted octanol–water partition coefficient (Wildman–Crippen LogP) is 3.37. The van der Waals surface area contributed by atoms with Crippen molar-refractivity contribution < 1.29 is 9.13 Å². The summed E-state index contributed by atoms with van der Waals surface area (Å²) in [5.41, 5.74) is 6.34. The van der Waals surface area contributed by atoms with Crippen LogP contribution in [-0.2, 0) is 6.61 Å². The van der Waals surface area contributed by atoms with Crippen LogP contribution in [-0.4, -0.2) is 6.54 Å². The molecule has 2 aromatic rings. The fraction of sp³-hybridized carbons (Fsp3) is 0.125. The van der Waals surface area contributed by atoms with E-state index in [1.54, 1.807) is 36.4 Å². The van der Waals surface area contributed by atoms with Gasteiger partial charge < -0.3 is 10.5 Å². The monoisotopic (exact) mass is 289 g/mol. The molecule has 2 N–H and O–H groups in total. The van der Waals surface area contributed by atoms with E-state index in [9.17, 15) is 4.39 Å². The number of benzene rings is 2. The lowest BCUT2D eigenvalue weighted by molar-refractivity contribution is 0.300. The van der Waals surface area contributed by atoms with Crippen molar-refractivity contribution in [3.8, 4) is 17.6 Å². The molecule has 0 atom stereocenters. The first-order valence-corrected chi connectivity index (χ1v) is 6.42. The molecule has 0 heterocycles. The van der Waals surface area contributed by atoms with Gasteiger partial charge in [0.2, 0.25) is 0 Å². The minimum Gasteiger partial charge on any atom is -0.489 e. The Balaban J connectivity index is 2.04. The van der Waals surface area contributed by atoms with Gasteiger partial charge in [-0.05, 0) is 36.4 Å². The van der Waals surface area contributed by atoms with Crippen molar-refractivity contribution in [2.75, 3.05) is 6.54 Å². The predicted molar refractivity (Wildman–Crippen MR) is 78.1 cm³/mol. The normalized spacial score (nSPS) is 9.75. The van der Waals surface area contributed by atoms with Crippen LogP contribution in [0.2, 0.25) is 5.02 Å². The van der Waals surface area contributed by atoms with Crippen LogP contribution in [0.25, 0.3) is 0 Å². The lowest BCUT2D eigenvalue weighted by atomic mass is 10.1. The van der Waals surface area contributed by atoms with Crippen LogP contribution >= 0.6 is 11.6 Å². The van der Waals surface area contributed by atoms with Gasteiger partial charge in [-0.2, -0.15) is 0 Å². The van der Waals surface area contributed by atoms with Crippen molar-refractivity contribution in [3.63, 3.8) is 0 Å². The van der Waals surface area contributed by atoms with E-state index in [0.29, 0.717) is 21.9 Å². The molecule has 0 aromatic heterocycles. The summed E-state index contributed by atoms with van der Waals surface area (Å²) in [5.74, 6) is 5.76. The Morgan fingerprint density at radius 2 is 1.90 bits per heavy atom. The second-order valence-electron chi connectivity index (χ2n) is 4.05. The molecule has 0 radical (unpaired) electrons. The molecule has 0 saturated carbocycles. The second-order valence-corrected chi connectivity index (χ2v) is 4.49. The van der Waals surface area contributed by atoms with Crippen molar-refractivity contribution in [1.82, 2.24) is 0 Å². The van der Waals surface area contributed by atoms with Gasteiger partial charge in [0.25, 0.3) is 0 Å². The Hall–Kier alpha value is -2.02. The average molecular weight is 290 g/mol. The summed E-state index contributed by atoms with van der Waals surface area (Å²) >= 11 is 5.78.